The minimum absolute atomic E-state index is 0.0751. The molecule has 4 rings (SSSR count). The Hall–Kier alpha value is -2.92. The van der Waals surface area contributed by atoms with Gasteiger partial charge in [0.05, 0.1) is 36.7 Å². The third-order valence-electron chi connectivity index (χ3n) is 5.32. The molecule has 1 saturated heterocycles. The van der Waals surface area contributed by atoms with E-state index in [4.69, 9.17) is 4.74 Å². The summed E-state index contributed by atoms with van der Waals surface area (Å²) in [6.45, 7) is 2.64. The highest BCUT2D eigenvalue weighted by atomic mass is 16.5. The SMILES string of the molecule is O=C1C(N2CCOCC2)=CN=C(c2ccccc2O)C1CCc1ccccc1. The zero-order chi connectivity index (χ0) is 19.3. The minimum atomic E-state index is -0.378. The van der Waals surface area contributed by atoms with E-state index in [-0.39, 0.29) is 17.5 Å². The number of para-hydroxylation sites is 1. The summed E-state index contributed by atoms with van der Waals surface area (Å²) in [5, 5.41) is 10.3. The van der Waals surface area contributed by atoms with Crippen LogP contribution < -0.4 is 0 Å². The predicted octanol–water partition coefficient (Wildman–Crippen LogP) is 3.19. The first-order valence-electron chi connectivity index (χ1n) is 9.71. The van der Waals surface area contributed by atoms with Crippen LogP contribution in [0, 0.1) is 5.92 Å². The molecule has 28 heavy (non-hydrogen) atoms. The quantitative estimate of drug-likeness (QED) is 0.871. The number of phenolic OH excluding ortho intramolecular Hbond substituents is 1. The van der Waals surface area contributed by atoms with Gasteiger partial charge < -0.3 is 14.7 Å². The Morgan fingerprint density at radius 3 is 2.50 bits per heavy atom. The largest absolute Gasteiger partial charge is 0.507 e. The van der Waals surface area contributed by atoms with Gasteiger partial charge in [-0.1, -0.05) is 42.5 Å². The smallest absolute Gasteiger partial charge is 0.189 e. The van der Waals surface area contributed by atoms with Gasteiger partial charge in [-0.2, -0.15) is 0 Å². The van der Waals surface area contributed by atoms with E-state index in [2.05, 4.69) is 22.0 Å². The van der Waals surface area contributed by atoms with Gasteiger partial charge >= 0.3 is 0 Å². The van der Waals surface area contributed by atoms with Gasteiger partial charge in [-0.3, -0.25) is 9.79 Å². The van der Waals surface area contributed by atoms with E-state index in [1.54, 1.807) is 18.3 Å². The Morgan fingerprint density at radius 1 is 1.04 bits per heavy atom. The molecule has 5 nitrogen and oxygen atoms in total. The third kappa shape index (κ3) is 3.85. The van der Waals surface area contributed by atoms with E-state index in [0.717, 1.165) is 6.42 Å². The first-order chi connectivity index (χ1) is 13.7. The van der Waals surface area contributed by atoms with Crippen LogP contribution in [0.5, 0.6) is 5.75 Å². The fraction of sp³-hybridized carbons (Fsp3) is 0.304. The highest BCUT2D eigenvalue weighted by Gasteiger charge is 2.34. The number of Topliss-reactive ketones (excluding diaryl/α,β-unsaturated/α-hetero) is 1. The van der Waals surface area contributed by atoms with Crippen LogP contribution in [0.15, 0.2) is 71.5 Å². The van der Waals surface area contributed by atoms with Gasteiger partial charge in [-0.25, -0.2) is 0 Å². The lowest BCUT2D eigenvalue weighted by Crippen LogP contribution is -2.42. The Morgan fingerprint density at radius 2 is 1.75 bits per heavy atom. The standard InChI is InChI=1S/C23H24N2O3/c26-21-9-5-4-8-18(21)22-19(11-10-17-6-2-1-3-7-17)23(27)20(16-24-22)25-12-14-28-15-13-25/h1-9,16,19,26H,10-15H2. The number of hydrogen-bond donors (Lipinski definition) is 1. The monoisotopic (exact) mass is 376 g/mol. The molecule has 2 aromatic carbocycles. The van der Waals surface area contributed by atoms with Crippen LogP contribution in [0.1, 0.15) is 17.5 Å². The van der Waals surface area contributed by atoms with E-state index in [1.165, 1.54) is 5.56 Å². The number of ether oxygens (including phenoxy) is 1. The molecule has 1 atom stereocenters. The van der Waals surface area contributed by atoms with Crippen LogP contribution >= 0.6 is 0 Å². The number of nitrogens with zero attached hydrogens (tertiary/aromatic N) is 2. The second-order valence-electron chi connectivity index (χ2n) is 7.09. The molecule has 0 aliphatic carbocycles. The van der Waals surface area contributed by atoms with Gasteiger partial charge in [-0.15, -0.1) is 0 Å². The topological polar surface area (TPSA) is 62.1 Å². The predicted molar refractivity (Wildman–Crippen MR) is 108 cm³/mol. The summed E-state index contributed by atoms with van der Waals surface area (Å²) in [7, 11) is 0. The van der Waals surface area contributed by atoms with E-state index >= 15 is 0 Å². The van der Waals surface area contributed by atoms with Gasteiger partial charge in [-0.05, 0) is 30.5 Å². The molecule has 2 aromatic rings. The van der Waals surface area contributed by atoms with Crippen molar-refractivity contribution >= 4 is 11.5 Å². The normalized spacial score (nSPS) is 19.9. The van der Waals surface area contributed by atoms with Crippen molar-refractivity contribution in [1.29, 1.82) is 0 Å². The fourth-order valence-corrected chi connectivity index (χ4v) is 3.80. The molecule has 2 heterocycles. The van der Waals surface area contributed by atoms with Crippen molar-refractivity contribution in [2.24, 2.45) is 10.9 Å². The molecule has 1 N–H and O–H groups in total. The number of allylic oxidation sites excluding steroid dienone is 1. The lowest BCUT2D eigenvalue weighted by atomic mass is 9.84. The van der Waals surface area contributed by atoms with Crippen molar-refractivity contribution in [2.45, 2.75) is 12.8 Å². The maximum Gasteiger partial charge on any atom is 0.189 e. The van der Waals surface area contributed by atoms with E-state index in [1.807, 2.05) is 30.3 Å². The van der Waals surface area contributed by atoms with Crippen LogP contribution in [-0.2, 0) is 16.0 Å². The molecule has 0 aromatic heterocycles. The maximum atomic E-state index is 13.4. The third-order valence-corrected chi connectivity index (χ3v) is 5.32. The number of rotatable bonds is 5. The number of hydrogen-bond acceptors (Lipinski definition) is 5. The number of aromatic hydroxyl groups is 1. The van der Waals surface area contributed by atoms with Gasteiger partial charge in [0.1, 0.15) is 5.75 Å². The molecule has 0 amide bonds. The van der Waals surface area contributed by atoms with Crippen molar-refractivity contribution in [3.8, 4) is 5.75 Å². The summed E-state index contributed by atoms with van der Waals surface area (Å²) in [6.07, 6.45) is 3.09. The second-order valence-corrected chi connectivity index (χ2v) is 7.09. The molecule has 1 unspecified atom stereocenters. The lowest BCUT2D eigenvalue weighted by molar-refractivity contribution is -0.119. The summed E-state index contributed by atoms with van der Waals surface area (Å²) in [4.78, 5) is 20.1. The first kappa shape index (κ1) is 18.4. The number of ketones is 1. The van der Waals surface area contributed by atoms with Gasteiger partial charge in [0, 0.05) is 18.7 Å². The van der Waals surface area contributed by atoms with Crippen LogP contribution in [-0.4, -0.2) is 47.8 Å². The summed E-state index contributed by atoms with van der Waals surface area (Å²) < 4.78 is 5.42. The maximum absolute atomic E-state index is 13.4. The molecular weight excluding hydrogens is 352 g/mol. The number of carbonyl (C=O) groups is 1. The molecule has 0 radical (unpaired) electrons. The molecule has 2 aliphatic rings. The van der Waals surface area contributed by atoms with Crippen LogP contribution in [0.25, 0.3) is 0 Å². The number of morpholine rings is 1. The summed E-state index contributed by atoms with van der Waals surface area (Å²) in [5.41, 5.74) is 3.12. The summed E-state index contributed by atoms with van der Waals surface area (Å²) in [6, 6.07) is 17.2. The Bertz CT molecular complexity index is 899. The molecule has 0 saturated carbocycles. The van der Waals surface area contributed by atoms with E-state index in [0.29, 0.717) is 49.7 Å². The zero-order valence-corrected chi connectivity index (χ0v) is 15.8. The van der Waals surface area contributed by atoms with Crippen LogP contribution in [0.2, 0.25) is 0 Å². The molecule has 1 fully saturated rings. The highest BCUT2D eigenvalue weighted by molar-refractivity contribution is 6.20. The summed E-state index contributed by atoms with van der Waals surface area (Å²) >= 11 is 0. The first-order valence-corrected chi connectivity index (χ1v) is 9.71. The number of carbonyl (C=O) groups excluding carboxylic acids is 1. The Labute approximate surface area is 165 Å². The van der Waals surface area contributed by atoms with Crippen molar-refractivity contribution in [3.05, 3.63) is 77.6 Å². The molecule has 0 bridgehead atoms. The molecule has 2 aliphatic heterocycles. The number of benzene rings is 2. The fourth-order valence-electron chi connectivity index (χ4n) is 3.80. The highest BCUT2D eigenvalue weighted by Crippen LogP contribution is 2.30. The van der Waals surface area contributed by atoms with Crippen LogP contribution in [0.4, 0.5) is 0 Å². The number of aryl methyl sites for hydroxylation is 1. The lowest BCUT2D eigenvalue weighted by Gasteiger charge is -2.33. The Kier molecular flexibility index (Phi) is 5.53. The molecule has 144 valence electrons. The number of phenols is 1. The van der Waals surface area contributed by atoms with Crippen molar-refractivity contribution in [2.75, 3.05) is 26.3 Å². The van der Waals surface area contributed by atoms with Crippen LogP contribution in [0.3, 0.4) is 0 Å². The molecular formula is C23H24N2O3. The number of aliphatic imine (C=N–C) groups is 1. The van der Waals surface area contributed by atoms with Gasteiger partial charge in [0.2, 0.25) is 0 Å². The minimum Gasteiger partial charge on any atom is -0.507 e. The van der Waals surface area contributed by atoms with Crippen molar-refractivity contribution in [1.82, 2.24) is 4.90 Å². The zero-order valence-electron chi connectivity index (χ0n) is 15.8. The van der Waals surface area contributed by atoms with E-state index in [9.17, 15) is 9.90 Å². The van der Waals surface area contributed by atoms with Crippen molar-refractivity contribution in [3.63, 3.8) is 0 Å². The summed E-state index contributed by atoms with van der Waals surface area (Å²) in [5.74, 6) is -0.149. The van der Waals surface area contributed by atoms with Gasteiger partial charge in [0.15, 0.2) is 5.78 Å². The second kappa shape index (κ2) is 8.40. The average Bonchev–Trinajstić information content (AvgIpc) is 2.74. The molecule has 5 heteroatoms. The van der Waals surface area contributed by atoms with E-state index < -0.39 is 0 Å². The van der Waals surface area contributed by atoms with Gasteiger partial charge in [0.25, 0.3) is 0 Å². The van der Waals surface area contributed by atoms with Crippen molar-refractivity contribution < 1.29 is 14.6 Å². The Balaban J connectivity index is 1.65. The molecule has 0 spiro atoms. The average molecular weight is 376 g/mol.